The summed E-state index contributed by atoms with van der Waals surface area (Å²) in [6.07, 6.45) is -2.92. The first-order chi connectivity index (χ1) is 23.2. The van der Waals surface area contributed by atoms with Crippen LogP contribution >= 0.6 is 11.3 Å². The lowest BCUT2D eigenvalue weighted by molar-refractivity contribution is -0.134. The molecule has 3 aromatic rings. The lowest BCUT2D eigenvalue weighted by Crippen LogP contribution is -2.61. The van der Waals surface area contributed by atoms with Crippen molar-refractivity contribution in [1.29, 1.82) is 0 Å². The van der Waals surface area contributed by atoms with Crippen LogP contribution in [0.2, 0.25) is 0 Å². The average molecular weight is 705 g/mol. The number of carbonyl (C=O) groups excluding carboxylic acids is 3. The van der Waals surface area contributed by atoms with Gasteiger partial charge in [-0.1, -0.05) is 32.0 Å². The Labute approximate surface area is 285 Å². The zero-order valence-electron chi connectivity index (χ0n) is 27.4. The zero-order valence-corrected chi connectivity index (χ0v) is 28.2. The normalized spacial score (nSPS) is 16.8. The van der Waals surface area contributed by atoms with Crippen LogP contribution in [0.5, 0.6) is 0 Å². The highest BCUT2D eigenvalue weighted by Crippen LogP contribution is 2.35. The standard InChI is InChI=1S/C35H40F4N4O5S/c1-19(2)14-28(42-34(48)35(18-22-10-13-49-20(22)3)11-8-21-6-4-5-7-27(21)43-35)32(45)41-29(17-30(38)39)31(44)40-12-9-24-25(36)15-23(33(46)47)16-26(24)37/h4-7,10,13,15-16,19,28-30,43H,8-9,11-12,14,17-18H2,1-3H3,(H,40,44)(H,41,45)(H,42,48)(H,46,47). The van der Waals surface area contributed by atoms with E-state index in [1.165, 1.54) is 0 Å². The van der Waals surface area contributed by atoms with Gasteiger partial charge in [0.25, 0.3) is 0 Å². The van der Waals surface area contributed by atoms with Gasteiger partial charge in [-0.25, -0.2) is 22.4 Å². The van der Waals surface area contributed by atoms with Crippen molar-refractivity contribution in [3.63, 3.8) is 0 Å². The number of benzene rings is 2. The average Bonchev–Trinajstić information content (AvgIpc) is 3.44. The highest BCUT2D eigenvalue weighted by molar-refractivity contribution is 7.10. The number of aromatic carboxylic acids is 1. The Morgan fingerprint density at radius 2 is 1.65 bits per heavy atom. The number of nitrogens with one attached hydrogen (secondary N) is 4. The molecule has 0 bridgehead atoms. The minimum absolute atomic E-state index is 0.106. The molecule has 4 rings (SSSR count). The first kappa shape index (κ1) is 37.4. The quantitative estimate of drug-likeness (QED) is 0.135. The fourth-order valence-corrected chi connectivity index (χ4v) is 6.64. The van der Waals surface area contributed by atoms with Crippen molar-refractivity contribution in [2.45, 2.75) is 83.3 Å². The van der Waals surface area contributed by atoms with Crippen molar-refractivity contribution in [2.24, 2.45) is 5.92 Å². The van der Waals surface area contributed by atoms with Crippen LogP contribution in [0, 0.1) is 24.5 Å². The molecule has 1 aromatic heterocycles. The second kappa shape index (κ2) is 16.3. The molecule has 5 N–H and O–H groups in total. The van der Waals surface area contributed by atoms with Crippen LogP contribution in [-0.4, -0.2) is 59.4 Å². The van der Waals surface area contributed by atoms with Gasteiger partial charge in [0, 0.05) is 35.5 Å². The molecule has 14 heteroatoms. The number of carboxylic acids is 1. The summed E-state index contributed by atoms with van der Waals surface area (Å²) < 4.78 is 55.9. The third kappa shape index (κ3) is 9.58. The lowest BCUT2D eigenvalue weighted by atomic mass is 9.80. The lowest BCUT2D eigenvalue weighted by Gasteiger charge is -2.40. The molecule has 0 radical (unpaired) electrons. The molecule has 1 aliphatic heterocycles. The fourth-order valence-electron chi connectivity index (χ4n) is 5.91. The SMILES string of the molecule is Cc1sccc1CC1(C(=O)NC(CC(C)C)C(=O)NC(CC(F)F)C(=O)NCCc2c(F)cc(C(=O)O)cc2F)CCc2ccccc2N1. The molecule has 264 valence electrons. The van der Waals surface area contributed by atoms with E-state index in [1.54, 1.807) is 11.3 Å². The molecule has 9 nitrogen and oxygen atoms in total. The second-order valence-electron chi connectivity index (χ2n) is 12.7. The Kier molecular flexibility index (Phi) is 12.4. The van der Waals surface area contributed by atoms with Crippen molar-refractivity contribution in [1.82, 2.24) is 16.0 Å². The summed E-state index contributed by atoms with van der Waals surface area (Å²) in [6, 6.07) is 7.99. The Morgan fingerprint density at radius 1 is 0.980 bits per heavy atom. The van der Waals surface area contributed by atoms with E-state index in [0.29, 0.717) is 31.4 Å². The van der Waals surface area contributed by atoms with Gasteiger partial charge in [0.1, 0.15) is 29.3 Å². The Balaban J connectivity index is 1.49. The monoisotopic (exact) mass is 704 g/mol. The predicted molar refractivity (Wildman–Crippen MR) is 178 cm³/mol. The van der Waals surface area contributed by atoms with Crippen LogP contribution < -0.4 is 21.3 Å². The highest BCUT2D eigenvalue weighted by atomic mass is 32.1. The van der Waals surface area contributed by atoms with Crippen LogP contribution in [0.4, 0.5) is 23.2 Å². The summed E-state index contributed by atoms with van der Waals surface area (Å²) >= 11 is 1.56. The maximum absolute atomic E-state index is 14.3. The van der Waals surface area contributed by atoms with Gasteiger partial charge in [-0.2, -0.15) is 0 Å². The summed E-state index contributed by atoms with van der Waals surface area (Å²) in [6.45, 7) is 5.24. The second-order valence-corrected chi connectivity index (χ2v) is 13.8. The summed E-state index contributed by atoms with van der Waals surface area (Å²) in [7, 11) is 0. The molecule has 3 atom stereocenters. The number of rotatable bonds is 15. The fraction of sp³-hybridized carbons (Fsp3) is 0.429. The third-order valence-electron chi connectivity index (χ3n) is 8.54. The van der Waals surface area contributed by atoms with Gasteiger partial charge in [0.2, 0.25) is 24.1 Å². The van der Waals surface area contributed by atoms with Crippen molar-refractivity contribution in [3.05, 3.63) is 86.6 Å². The van der Waals surface area contributed by atoms with Crippen LogP contribution in [0.15, 0.2) is 47.8 Å². The molecule has 2 heterocycles. The molecule has 0 aliphatic carbocycles. The minimum atomic E-state index is -2.99. The number of hydrogen-bond acceptors (Lipinski definition) is 6. The van der Waals surface area contributed by atoms with Crippen molar-refractivity contribution >= 4 is 40.7 Å². The predicted octanol–water partition coefficient (Wildman–Crippen LogP) is 5.40. The van der Waals surface area contributed by atoms with Crippen LogP contribution in [0.25, 0.3) is 0 Å². The molecule has 0 spiro atoms. The molecule has 49 heavy (non-hydrogen) atoms. The van der Waals surface area contributed by atoms with Crippen molar-refractivity contribution in [3.8, 4) is 0 Å². The van der Waals surface area contributed by atoms with E-state index in [2.05, 4.69) is 21.3 Å². The number of thiophene rings is 1. The van der Waals surface area contributed by atoms with Crippen LogP contribution in [0.3, 0.4) is 0 Å². The number of aryl methyl sites for hydroxylation is 2. The van der Waals surface area contributed by atoms with E-state index in [9.17, 15) is 36.7 Å². The number of carbonyl (C=O) groups is 4. The molecular formula is C35H40F4N4O5S. The van der Waals surface area contributed by atoms with Crippen LogP contribution in [0.1, 0.15) is 65.0 Å². The molecule has 0 saturated carbocycles. The maximum Gasteiger partial charge on any atom is 0.335 e. The molecule has 0 saturated heterocycles. The Bertz CT molecular complexity index is 1660. The summed E-state index contributed by atoms with van der Waals surface area (Å²) in [4.78, 5) is 52.9. The van der Waals surface area contributed by atoms with Gasteiger partial charge >= 0.3 is 5.97 Å². The number of carboxylic acid groups (broad SMARTS) is 1. The molecule has 3 amide bonds. The molecule has 0 fully saturated rings. The largest absolute Gasteiger partial charge is 0.478 e. The number of halogens is 4. The van der Waals surface area contributed by atoms with E-state index in [1.807, 2.05) is 56.5 Å². The first-order valence-corrected chi connectivity index (χ1v) is 16.8. The zero-order chi connectivity index (χ0) is 35.9. The maximum atomic E-state index is 14.3. The topological polar surface area (TPSA) is 137 Å². The third-order valence-corrected chi connectivity index (χ3v) is 9.43. The van der Waals surface area contributed by atoms with E-state index in [4.69, 9.17) is 5.11 Å². The van der Waals surface area contributed by atoms with Gasteiger partial charge in [-0.3, -0.25) is 14.4 Å². The van der Waals surface area contributed by atoms with Gasteiger partial charge in [0.15, 0.2) is 0 Å². The van der Waals surface area contributed by atoms with Gasteiger partial charge < -0.3 is 26.4 Å². The number of hydrogen-bond donors (Lipinski definition) is 5. The van der Waals surface area contributed by atoms with Gasteiger partial charge in [0.05, 0.1) is 5.56 Å². The molecule has 1 aliphatic rings. The van der Waals surface area contributed by atoms with Crippen molar-refractivity contribution in [2.75, 3.05) is 11.9 Å². The Morgan fingerprint density at radius 3 is 2.27 bits per heavy atom. The van der Waals surface area contributed by atoms with Gasteiger partial charge in [-0.15, -0.1) is 11.3 Å². The van der Waals surface area contributed by atoms with E-state index < -0.39 is 89.9 Å². The van der Waals surface area contributed by atoms with Crippen molar-refractivity contribution < 1.29 is 41.8 Å². The summed E-state index contributed by atoms with van der Waals surface area (Å²) in [5, 5.41) is 21.9. The Hall–Kier alpha value is -4.46. The molecule has 3 unspecified atom stereocenters. The smallest absolute Gasteiger partial charge is 0.335 e. The number of para-hydroxylation sites is 1. The number of alkyl halides is 2. The number of fused-ring (bicyclic) bond motifs is 1. The molecular weight excluding hydrogens is 664 g/mol. The van der Waals surface area contributed by atoms with E-state index in [0.717, 1.165) is 21.7 Å². The van der Waals surface area contributed by atoms with Crippen LogP contribution in [-0.2, 0) is 33.6 Å². The number of amides is 3. The molecule has 2 aromatic carbocycles. The summed E-state index contributed by atoms with van der Waals surface area (Å²) in [5.41, 5.74) is 0.610. The van der Waals surface area contributed by atoms with Gasteiger partial charge in [-0.05, 0) is 79.3 Å². The minimum Gasteiger partial charge on any atom is -0.478 e. The summed E-state index contributed by atoms with van der Waals surface area (Å²) in [5.74, 6) is -6.20. The first-order valence-electron chi connectivity index (χ1n) is 16.0. The highest BCUT2D eigenvalue weighted by Gasteiger charge is 2.43. The number of anilines is 1. The van der Waals surface area contributed by atoms with E-state index >= 15 is 0 Å². The van der Waals surface area contributed by atoms with E-state index in [-0.39, 0.29) is 12.3 Å².